The quantitative estimate of drug-likeness (QED) is 0.300. The van der Waals surface area contributed by atoms with E-state index in [-0.39, 0.29) is 13.2 Å². The molecule has 0 unspecified atom stereocenters. The second-order valence-electron chi connectivity index (χ2n) is 5.23. The SMILES string of the molecule is CCNC(=NCc1ccc(OCCO)c(OC)c1)NCCCOCC. The number of rotatable bonds is 12. The molecule has 1 aromatic rings. The maximum atomic E-state index is 8.85. The van der Waals surface area contributed by atoms with Crippen LogP contribution < -0.4 is 20.1 Å². The van der Waals surface area contributed by atoms with E-state index in [9.17, 15) is 0 Å². The lowest BCUT2D eigenvalue weighted by Gasteiger charge is -2.13. The first kappa shape index (κ1) is 21.1. The maximum Gasteiger partial charge on any atom is 0.191 e. The number of ether oxygens (including phenoxy) is 3. The Hall–Kier alpha value is -1.99. The Kier molecular flexibility index (Phi) is 11.2. The second kappa shape index (κ2) is 13.3. The Morgan fingerprint density at radius 1 is 1.16 bits per heavy atom. The maximum absolute atomic E-state index is 8.85. The Morgan fingerprint density at radius 3 is 2.68 bits per heavy atom. The zero-order valence-corrected chi connectivity index (χ0v) is 15.5. The van der Waals surface area contributed by atoms with Gasteiger partial charge in [-0.1, -0.05) is 6.07 Å². The highest BCUT2D eigenvalue weighted by molar-refractivity contribution is 5.79. The highest BCUT2D eigenvalue weighted by Crippen LogP contribution is 2.28. The van der Waals surface area contributed by atoms with E-state index in [0.29, 0.717) is 18.0 Å². The van der Waals surface area contributed by atoms with Gasteiger partial charge in [0.05, 0.1) is 20.3 Å². The molecular weight excluding hydrogens is 322 g/mol. The minimum absolute atomic E-state index is 0.0315. The summed E-state index contributed by atoms with van der Waals surface area (Å²) < 4.78 is 16.1. The number of nitrogens with zero attached hydrogens (tertiary/aromatic N) is 1. The molecule has 25 heavy (non-hydrogen) atoms. The number of guanidine groups is 1. The normalized spacial score (nSPS) is 11.3. The summed E-state index contributed by atoms with van der Waals surface area (Å²) in [5.74, 6) is 2.03. The van der Waals surface area contributed by atoms with Gasteiger partial charge in [-0.15, -0.1) is 0 Å². The van der Waals surface area contributed by atoms with Gasteiger partial charge >= 0.3 is 0 Å². The van der Waals surface area contributed by atoms with Gasteiger partial charge in [0.25, 0.3) is 0 Å². The molecule has 0 aromatic heterocycles. The summed E-state index contributed by atoms with van der Waals surface area (Å²) >= 11 is 0. The monoisotopic (exact) mass is 353 g/mol. The fourth-order valence-electron chi connectivity index (χ4n) is 2.12. The Bertz CT molecular complexity index is 509. The predicted molar refractivity (Wildman–Crippen MR) is 99.5 cm³/mol. The molecular formula is C18H31N3O4. The highest BCUT2D eigenvalue weighted by atomic mass is 16.5. The third kappa shape index (κ3) is 8.60. The van der Waals surface area contributed by atoms with Gasteiger partial charge in [-0.25, -0.2) is 4.99 Å². The lowest BCUT2D eigenvalue weighted by atomic mass is 10.2. The van der Waals surface area contributed by atoms with Crippen molar-refractivity contribution in [3.8, 4) is 11.5 Å². The van der Waals surface area contributed by atoms with E-state index in [2.05, 4.69) is 15.6 Å². The average Bonchev–Trinajstić information content (AvgIpc) is 2.64. The van der Waals surface area contributed by atoms with Crippen molar-refractivity contribution in [1.29, 1.82) is 0 Å². The van der Waals surface area contributed by atoms with E-state index in [1.54, 1.807) is 7.11 Å². The molecule has 0 spiro atoms. The van der Waals surface area contributed by atoms with Crippen LogP contribution in [0.15, 0.2) is 23.2 Å². The minimum Gasteiger partial charge on any atom is -0.493 e. The van der Waals surface area contributed by atoms with Gasteiger partial charge in [-0.2, -0.15) is 0 Å². The first-order chi connectivity index (χ1) is 12.2. The molecule has 0 aliphatic rings. The van der Waals surface area contributed by atoms with E-state index in [1.165, 1.54) is 0 Å². The molecule has 142 valence electrons. The summed E-state index contributed by atoms with van der Waals surface area (Å²) in [5, 5.41) is 15.4. The first-order valence-electron chi connectivity index (χ1n) is 8.75. The first-order valence-corrected chi connectivity index (χ1v) is 8.75. The predicted octanol–water partition coefficient (Wildman–Crippen LogP) is 1.55. The fraction of sp³-hybridized carbons (Fsp3) is 0.611. The van der Waals surface area contributed by atoms with Crippen LogP contribution in [-0.2, 0) is 11.3 Å². The van der Waals surface area contributed by atoms with Gasteiger partial charge in [-0.3, -0.25) is 0 Å². The zero-order valence-electron chi connectivity index (χ0n) is 15.5. The van der Waals surface area contributed by atoms with E-state index in [4.69, 9.17) is 19.3 Å². The number of methoxy groups -OCH3 is 1. The summed E-state index contributed by atoms with van der Waals surface area (Å²) in [6, 6.07) is 5.67. The van der Waals surface area contributed by atoms with Crippen molar-refractivity contribution >= 4 is 5.96 Å². The number of nitrogens with one attached hydrogen (secondary N) is 2. The number of aliphatic hydroxyl groups excluding tert-OH is 1. The summed E-state index contributed by atoms with van der Waals surface area (Å²) in [6.07, 6.45) is 0.934. The lowest BCUT2D eigenvalue weighted by Crippen LogP contribution is -2.38. The largest absolute Gasteiger partial charge is 0.493 e. The topological polar surface area (TPSA) is 84.3 Å². The van der Waals surface area contributed by atoms with Crippen LogP contribution in [0.5, 0.6) is 11.5 Å². The zero-order chi connectivity index (χ0) is 18.3. The van der Waals surface area contributed by atoms with Gasteiger partial charge in [0.2, 0.25) is 0 Å². The molecule has 7 heteroatoms. The lowest BCUT2D eigenvalue weighted by molar-refractivity contribution is 0.145. The van der Waals surface area contributed by atoms with Crippen LogP contribution >= 0.6 is 0 Å². The molecule has 0 atom stereocenters. The molecule has 0 bridgehead atoms. The van der Waals surface area contributed by atoms with E-state index >= 15 is 0 Å². The standard InChI is InChI=1S/C18H31N3O4/c1-4-19-18(20-9-6-11-24-5-2)21-14-15-7-8-16(25-12-10-22)17(13-15)23-3/h7-8,13,22H,4-6,9-12,14H2,1-3H3,(H2,19,20,21). The summed E-state index contributed by atoms with van der Waals surface area (Å²) in [6.45, 7) is 7.86. The Morgan fingerprint density at radius 2 is 2.00 bits per heavy atom. The van der Waals surface area contributed by atoms with Crippen molar-refractivity contribution in [1.82, 2.24) is 10.6 Å². The van der Waals surface area contributed by atoms with Crippen molar-refractivity contribution in [2.24, 2.45) is 4.99 Å². The Balaban J connectivity index is 2.61. The third-order valence-corrected chi connectivity index (χ3v) is 3.30. The molecule has 0 radical (unpaired) electrons. The van der Waals surface area contributed by atoms with Gasteiger partial charge in [0.15, 0.2) is 17.5 Å². The molecule has 3 N–H and O–H groups in total. The number of aliphatic hydroxyl groups is 1. The van der Waals surface area contributed by atoms with E-state index in [1.807, 2.05) is 32.0 Å². The van der Waals surface area contributed by atoms with Crippen molar-refractivity contribution in [3.63, 3.8) is 0 Å². The van der Waals surface area contributed by atoms with Crippen LogP contribution in [0.4, 0.5) is 0 Å². The second-order valence-corrected chi connectivity index (χ2v) is 5.23. The Labute approximate surface area is 150 Å². The molecule has 0 amide bonds. The number of hydrogen-bond acceptors (Lipinski definition) is 5. The highest BCUT2D eigenvalue weighted by Gasteiger charge is 2.06. The smallest absolute Gasteiger partial charge is 0.191 e. The fourth-order valence-corrected chi connectivity index (χ4v) is 2.12. The van der Waals surface area contributed by atoms with Crippen molar-refractivity contribution in [2.45, 2.75) is 26.8 Å². The minimum atomic E-state index is -0.0315. The van der Waals surface area contributed by atoms with Crippen LogP contribution in [0.25, 0.3) is 0 Å². The average molecular weight is 353 g/mol. The molecule has 0 saturated carbocycles. The van der Waals surface area contributed by atoms with Crippen LogP contribution in [-0.4, -0.2) is 57.7 Å². The van der Waals surface area contributed by atoms with Crippen molar-refractivity contribution < 1.29 is 19.3 Å². The molecule has 0 aliphatic heterocycles. The third-order valence-electron chi connectivity index (χ3n) is 3.30. The van der Waals surface area contributed by atoms with Gasteiger partial charge in [0.1, 0.15) is 6.61 Å². The molecule has 1 aromatic carbocycles. The van der Waals surface area contributed by atoms with Crippen molar-refractivity contribution in [3.05, 3.63) is 23.8 Å². The van der Waals surface area contributed by atoms with Crippen molar-refractivity contribution in [2.75, 3.05) is 46.6 Å². The summed E-state index contributed by atoms with van der Waals surface area (Å²) in [7, 11) is 1.60. The van der Waals surface area contributed by atoms with Crippen LogP contribution in [0.2, 0.25) is 0 Å². The molecule has 0 heterocycles. The van der Waals surface area contributed by atoms with Gasteiger partial charge in [-0.05, 0) is 38.0 Å². The molecule has 1 rings (SSSR count). The number of aliphatic imine (C=N–C) groups is 1. The molecule has 0 aliphatic carbocycles. The molecule has 0 fully saturated rings. The van der Waals surface area contributed by atoms with Gasteiger partial charge in [0, 0.05) is 26.3 Å². The van der Waals surface area contributed by atoms with Crippen LogP contribution in [0.1, 0.15) is 25.8 Å². The van der Waals surface area contributed by atoms with Gasteiger partial charge < -0.3 is 30.0 Å². The molecule has 0 saturated heterocycles. The van der Waals surface area contributed by atoms with Crippen LogP contribution in [0.3, 0.4) is 0 Å². The number of benzene rings is 1. The summed E-state index contributed by atoms with van der Waals surface area (Å²) in [4.78, 5) is 4.59. The molecule has 7 nitrogen and oxygen atoms in total. The van der Waals surface area contributed by atoms with E-state index in [0.717, 1.165) is 44.2 Å². The van der Waals surface area contributed by atoms with Crippen LogP contribution in [0, 0.1) is 0 Å². The van der Waals surface area contributed by atoms with E-state index < -0.39 is 0 Å². The summed E-state index contributed by atoms with van der Waals surface area (Å²) in [5.41, 5.74) is 1.01. The number of hydrogen-bond donors (Lipinski definition) is 3.